The molecule has 2 aromatic rings. The molecule has 1 saturated heterocycles. The van der Waals surface area contributed by atoms with Gasteiger partial charge in [0.15, 0.2) is 11.8 Å². The fraction of sp³-hybridized carbons (Fsp3) is 0.370. The van der Waals surface area contributed by atoms with Crippen LogP contribution in [0.25, 0.3) is 6.08 Å². The van der Waals surface area contributed by atoms with Crippen molar-refractivity contribution in [1.29, 1.82) is 0 Å². The molecular formula is C27H30N2O4S. The quantitative estimate of drug-likeness (QED) is 0.363. The van der Waals surface area contributed by atoms with Gasteiger partial charge in [0.1, 0.15) is 5.75 Å². The van der Waals surface area contributed by atoms with Gasteiger partial charge in [-0.2, -0.15) is 0 Å². The van der Waals surface area contributed by atoms with Crippen LogP contribution in [0.5, 0.6) is 5.75 Å². The molecule has 0 aromatic heterocycles. The fourth-order valence-corrected chi connectivity index (χ4v) is 5.15. The summed E-state index contributed by atoms with van der Waals surface area (Å²) in [6.45, 7) is 3.46. The summed E-state index contributed by atoms with van der Waals surface area (Å²) in [5.41, 5.74) is 1.73. The molecule has 7 heteroatoms. The van der Waals surface area contributed by atoms with Gasteiger partial charge in [-0.15, -0.1) is 0 Å². The Morgan fingerprint density at radius 2 is 1.79 bits per heavy atom. The monoisotopic (exact) mass is 478 g/mol. The zero-order chi connectivity index (χ0) is 23.9. The minimum Gasteiger partial charge on any atom is -0.482 e. The Bertz CT molecular complexity index is 1060. The molecule has 0 N–H and O–H groups in total. The minimum absolute atomic E-state index is 0.0170. The SMILES string of the molecule is CC(C)OC(=O)COc1ccc(/C=C2\SC(=Nc3ccccc3)N(C3CCCCC3)C2=O)cc1. The van der Waals surface area contributed by atoms with Crippen LogP contribution in [0.3, 0.4) is 0 Å². The van der Waals surface area contributed by atoms with Crippen molar-refractivity contribution in [2.75, 3.05) is 6.61 Å². The average Bonchev–Trinajstić information content (AvgIpc) is 3.13. The summed E-state index contributed by atoms with van der Waals surface area (Å²) >= 11 is 1.43. The fourth-order valence-electron chi connectivity index (χ4n) is 4.09. The van der Waals surface area contributed by atoms with Crippen LogP contribution in [-0.4, -0.2) is 40.7 Å². The molecule has 4 rings (SSSR count). The highest BCUT2D eigenvalue weighted by Gasteiger charge is 2.38. The number of amides is 1. The third-order valence-corrected chi connectivity index (χ3v) is 6.64. The van der Waals surface area contributed by atoms with Gasteiger partial charge in [0.05, 0.1) is 16.7 Å². The van der Waals surface area contributed by atoms with Crippen molar-refractivity contribution >= 4 is 40.6 Å². The van der Waals surface area contributed by atoms with E-state index in [0.717, 1.165) is 42.1 Å². The first-order chi connectivity index (χ1) is 16.5. The Labute approximate surface area is 205 Å². The number of rotatable bonds is 7. The van der Waals surface area contributed by atoms with E-state index in [-0.39, 0.29) is 24.7 Å². The first kappa shape index (κ1) is 24.1. The van der Waals surface area contributed by atoms with E-state index in [0.29, 0.717) is 10.7 Å². The minimum atomic E-state index is -0.401. The van der Waals surface area contributed by atoms with Crippen LogP contribution in [0.2, 0.25) is 0 Å². The molecule has 34 heavy (non-hydrogen) atoms. The Balaban J connectivity index is 1.50. The van der Waals surface area contributed by atoms with Gasteiger partial charge in [0, 0.05) is 6.04 Å². The second kappa shape index (κ2) is 11.4. The smallest absolute Gasteiger partial charge is 0.344 e. The molecule has 1 aliphatic carbocycles. The molecule has 1 saturated carbocycles. The van der Waals surface area contributed by atoms with Crippen molar-refractivity contribution in [2.45, 2.75) is 58.1 Å². The number of aliphatic imine (C=N–C) groups is 1. The number of carbonyl (C=O) groups is 2. The number of para-hydroxylation sites is 1. The van der Waals surface area contributed by atoms with E-state index < -0.39 is 5.97 Å². The number of hydrogen-bond donors (Lipinski definition) is 0. The predicted octanol–water partition coefficient (Wildman–Crippen LogP) is 5.95. The van der Waals surface area contributed by atoms with E-state index in [1.165, 1.54) is 18.2 Å². The van der Waals surface area contributed by atoms with Crippen molar-refractivity contribution in [3.8, 4) is 5.75 Å². The van der Waals surface area contributed by atoms with Crippen LogP contribution >= 0.6 is 11.8 Å². The first-order valence-electron chi connectivity index (χ1n) is 11.8. The van der Waals surface area contributed by atoms with Crippen molar-refractivity contribution in [2.24, 2.45) is 4.99 Å². The van der Waals surface area contributed by atoms with E-state index in [4.69, 9.17) is 14.5 Å². The number of amidine groups is 1. The predicted molar refractivity (Wildman–Crippen MR) is 136 cm³/mol. The van der Waals surface area contributed by atoms with E-state index in [1.54, 1.807) is 26.0 Å². The number of esters is 1. The highest BCUT2D eigenvalue weighted by molar-refractivity contribution is 8.18. The van der Waals surface area contributed by atoms with Gasteiger partial charge < -0.3 is 9.47 Å². The lowest BCUT2D eigenvalue weighted by atomic mass is 9.94. The summed E-state index contributed by atoms with van der Waals surface area (Å²) in [6, 6.07) is 17.3. The topological polar surface area (TPSA) is 68.2 Å². The van der Waals surface area contributed by atoms with E-state index >= 15 is 0 Å². The zero-order valence-electron chi connectivity index (χ0n) is 19.6. The third kappa shape index (κ3) is 6.29. The van der Waals surface area contributed by atoms with Crippen LogP contribution in [-0.2, 0) is 14.3 Å². The van der Waals surface area contributed by atoms with E-state index in [2.05, 4.69) is 0 Å². The van der Waals surface area contributed by atoms with Gasteiger partial charge in [-0.05, 0) is 74.4 Å². The molecule has 0 atom stereocenters. The molecule has 0 spiro atoms. The second-order valence-electron chi connectivity index (χ2n) is 8.70. The normalized spacial score (nSPS) is 19.3. The number of hydrogen-bond acceptors (Lipinski definition) is 6. The molecular weight excluding hydrogens is 448 g/mol. The van der Waals surface area contributed by atoms with E-state index in [1.807, 2.05) is 53.4 Å². The number of nitrogens with zero attached hydrogens (tertiary/aromatic N) is 2. The molecule has 2 aliphatic rings. The molecule has 2 fully saturated rings. The van der Waals surface area contributed by atoms with Gasteiger partial charge >= 0.3 is 5.97 Å². The zero-order valence-corrected chi connectivity index (χ0v) is 20.4. The lowest BCUT2D eigenvalue weighted by Gasteiger charge is -2.30. The molecule has 1 amide bonds. The standard InChI is InChI=1S/C27H30N2O4S/c1-19(2)33-25(30)18-32-23-15-13-20(14-16-23)17-24-26(31)29(22-11-7-4-8-12-22)27(34-24)28-21-9-5-3-6-10-21/h3,5-6,9-10,13-17,19,22H,4,7-8,11-12,18H2,1-2H3/b24-17-,28-27?. The van der Waals surface area contributed by atoms with Crippen molar-refractivity contribution in [3.63, 3.8) is 0 Å². The molecule has 0 bridgehead atoms. The molecule has 1 aliphatic heterocycles. The molecule has 6 nitrogen and oxygen atoms in total. The average molecular weight is 479 g/mol. The third-order valence-electron chi connectivity index (χ3n) is 5.66. The van der Waals surface area contributed by atoms with Gasteiger partial charge in [-0.25, -0.2) is 9.79 Å². The summed E-state index contributed by atoms with van der Waals surface area (Å²) in [4.78, 5) is 32.5. The molecule has 1 heterocycles. The lowest BCUT2D eigenvalue weighted by molar-refractivity contribution is -0.149. The number of benzene rings is 2. The summed E-state index contributed by atoms with van der Waals surface area (Å²) in [6.07, 6.45) is 7.26. The molecule has 0 unspecified atom stereocenters. The van der Waals surface area contributed by atoms with Crippen LogP contribution in [0.1, 0.15) is 51.5 Å². The van der Waals surface area contributed by atoms with Gasteiger partial charge in [0.25, 0.3) is 5.91 Å². The van der Waals surface area contributed by atoms with Crippen LogP contribution in [0.4, 0.5) is 5.69 Å². The number of thioether (sulfide) groups is 1. The van der Waals surface area contributed by atoms with Gasteiger partial charge in [-0.1, -0.05) is 49.6 Å². The van der Waals surface area contributed by atoms with Crippen LogP contribution in [0.15, 0.2) is 64.5 Å². The summed E-state index contributed by atoms with van der Waals surface area (Å²) in [7, 11) is 0. The summed E-state index contributed by atoms with van der Waals surface area (Å²) in [5.74, 6) is 0.189. The molecule has 178 valence electrons. The Hall–Kier alpha value is -3.06. The number of ether oxygens (including phenoxy) is 2. The maximum Gasteiger partial charge on any atom is 0.344 e. The van der Waals surface area contributed by atoms with E-state index in [9.17, 15) is 9.59 Å². The van der Waals surface area contributed by atoms with Crippen LogP contribution in [0, 0.1) is 0 Å². The first-order valence-corrected chi connectivity index (χ1v) is 12.6. The van der Waals surface area contributed by atoms with Gasteiger partial charge in [-0.3, -0.25) is 9.69 Å². The Morgan fingerprint density at radius 1 is 1.09 bits per heavy atom. The van der Waals surface area contributed by atoms with Crippen molar-refractivity contribution < 1.29 is 19.1 Å². The highest BCUT2D eigenvalue weighted by Crippen LogP contribution is 2.38. The van der Waals surface area contributed by atoms with Crippen molar-refractivity contribution in [3.05, 3.63) is 65.1 Å². The number of carbonyl (C=O) groups excluding carboxylic acids is 2. The maximum absolute atomic E-state index is 13.4. The molecule has 0 radical (unpaired) electrons. The van der Waals surface area contributed by atoms with Gasteiger partial charge in [0.2, 0.25) is 0 Å². The maximum atomic E-state index is 13.4. The lowest BCUT2D eigenvalue weighted by Crippen LogP contribution is -2.40. The molecule has 2 aromatic carbocycles. The summed E-state index contributed by atoms with van der Waals surface area (Å²) < 4.78 is 10.6. The highest BCUT2D eigenvalue weighted by atomic mass is 32.2. The Kier molecular flexibility index (Phi) is 8.06. The largest absolute Gasteiger partial charge is 0.482 e. The van der Waals surface area contributed by atoms with Crippen molar-refractivity contribution in [1.82, 2.24) is 4.90 Å². The van der Waals surface area contributed by atoms with Crippen LogP contribution < -0.4 is 4.74 Å². The summed E-state index contributed by atoms with van der Waals surface area (Å²) in [5, 5.41) is 0.748. The Morgan fingerprint density at radius 3 is 2.47 bits per heavy atom. The second-order valence-corrected chi connectivity index (χ2v) is 9.71.